The molecule has 0 aliphatic carbocycles. The van der Waals surface area contributed by atoms with Crippen molar-refractivity contribution in [3.8, 4) is 5.69 Å². The maximum atomic E-state index is 12.8. The molecule has 1 aliphatic heterocycles. The lowest BCUT2D eigenvalue weighted by molar-refractivity contribution is -0.137. The highest BCUT2D eigenvalue weighted by Crippen LogP contribution is 2.30. The van der Waals surface area contributed by atoms with Gasteiger partial charge in [0.2, 0.25) is 10.0 Å². The highest BCUT2D eigenvalue weighted by molar-refractivity contribution is 7.89. The van der Waals surface area contributed by atoms with Crippen LogP contribution >= 0.6 is 0 Å². The van der Waals surface area contributed by atoms with Gasteiger partial charge in [0.15, 0.2) is 0 Å². The van der Waals surface area contributed by atoms with E-state index in [-0.39, 0.29) is 37.0 Å². The fourth-order valence-corrected chi connectivity index (χ4v) is 4.80. The molecule has 1 saturated heterocycles. The summed E-state index contributed by atoms with van der Waals surface area (Å²) >= 11 is 0. The number of benzene rings is 2. The van der Waals surface area contributed by atoms with Gasteiger partial charge in [-0.25, -0.2) is 18.1 Å². The van der Waals surface area contributed by atoms with Crippen molar-refractivity contribution < 1.29 is 26.4 Å². The van der Waals surface area contributed by atoms with Crippen molar-refractivity contribution in [3.63, 3.8) is 0 Å². The van der Waals surface area contributed by atoms with E-state index in [1.54, 1.807) is 33.8 Å². The van der Waals surface area contributed by atoms with Crippen LogP contribution in [0.5, 0.6) is 0 Å². The standard InChI is InChI=1S/C20H18F3N5O3S/c21-20(22,23)16-3-7-18(8-4-16)32(30,31)27-11-9-26(10-12-27)19(29)15-1-5-17(6-2-15)28-14-24-13-25-28/h1-8,13-14H,9-12H2. The number of carbonyl (C=O) groups is 1. The van der Waals surface area contributed by atoms with Gasteiger partial charge in [0.1, 0.15) is 12.7 Å². The first-order chi connectivity index (χ1) is 15.2. The number of piperazine rings is 1. The van der Waals surface area contributed by atoms with E-state index in [2.05, 4.69) is 10.1 Å². The summed E-state index contributed by atoms with van der Waals surface area (Å²) in [4.78, 5) is 18.0. The molecular weight excluding hydrogens is 447 g/mol. The normalized spacial score (nSPS) is 15.7. The Labute approximate surface area is 181 Å². The second-order valence-corrected chi connectivity index (χ2v) is 9.04. The summed E-state index contributed by atoms with van der Waals surface area (Å²) in [5.74, 6) is -0.235. The number of alkyl halides is 3. The summed E-state index contributed by atoms with van der Waals surface area (Å²) < 4.78 is 66.4. The molecule has 0 unspecified atom stereocenters. The molecular formula is C20H18F3N5O3S. The Hall–Kier alpha value is -3.25. The van der Waals surface area contributed by atoms with Gasteiger partial charge in [-0.15, -0.1) is 0 Å². The van der Waals surface area contributed by atoms with E-state index >= 15 is 0 Å². The number of halogens is 3. The molecule has 12 heteroatoms. The van der Waals surface area contributed by atoms with Gasteiger partial charge in [-0.05, 0) is 48.5 Å². The molecule has 1 aromatic heterocycles. The molecule has 0 N–H and O–H groups in total. The van der Waals surface area contributed by atoms with Gasteiger partial charge in [0.05, 0.1) is 16.1 Å². The number of aromatic nitrogens is 3. The Morgan fingerprint density at radius 1 is 0.906 bits per heavy atom. The first-order valence-electron chi connectivity index (χ1n) is 9.58. The Kier molecular flexibility index (Phi) is 5.73. The molecule has 1 amide bonds. The molecule has 0 spiro atoms. The van der Waals surface area contributed by atoms with E-state index < -0.39 is 21.8 Å². The smallest absolute Gasteiger partial charge is 0.336 e. The lowest BCUT2D eigenvalue weighted by atomic mass is 10.1. The highest BCUT2D eigenvalue weighted by atomic mass is 32.2. The minimum atomic E-state index is -4.54. The number of hydrogen-bond donors (Lipinski definition) is 0. The van der Waals surface area contributed by atoms with Crippen LogP contribution in [-0.4, -0.2) is 64.5 Å². The van der Waals surface area contributed by atoms with Crippen LogP contribution in [0.1, 0.15) is 15.9 Å². The lowest BCUT2D eigenvalue weighted by Crippen LogP contribution is -2.50. The Balaban J connectivity index is 1.40. The van der Waals surface area contributed by atoms with Crippen molar-refractivity contribution in [2.24, 2.45) is 0 Å². The first kappa shape index (κ1) is 22.0. The van der Waals surface area contributed by atoms with Crippen molar-refractivity contribution in [2.45, 2.75) is 11.1 Å². The lowest BCUT2D eigenvalue weighted by Gasteiger charge is -2.34. The summed E-state index contributed by atoms with van der Waals surface area (Å²) in [6, 6.07) is 10.2. The zero-order chi connectivity index (χ0) is 22.9. The number of sulfonamides is 1. The molecule has 0 saturated carbocycles. The monoisotopic (exact) mass is 465 g/mol. The summed E-state index contributed by atoms with van der Waals surface area (Å²) in [7, 11) is -3.96. The Morgan fingerprint density at radius 3 is 2.06 bits per heavy atom. The van der Waals surface area contributed by atoms with Crippen molar-refractivity contribution in [3.05, 3.63) is 72.3 Å². The van der Waals surface area contributed by atoms with Gasteiger partial charge in [-0.1, -0.05) is 0 Å². The Morgan fingerprint density at radius 2 is 1.53 bits per heavy atom. The van der Waals surface area contributed by atoms with Crippen molar-refractivity contribution in [2.75, 3.05) is 26.2 Å². The number of rotatable bonds is 4. The van der Waals surface area contributed by atoms with E-state index in [1.165, 1.54) is 17.0 Å². The second kappa shape index (κ2) is 8.36. The quantitative estimate of drug-likeness (QED) is 0.591. The zero-order valence-corrected chi connectivity index (χ0v) is 17.4. The largest absolute Gasteiger partial charge is 0.416 e. The van der Waals surface area contributed by atoms with E-state index in [4.69, 9.17) is 0 Å². The van der Waals surface area contributed by atoms with Crippen LogP contribution < -0.4 is 0 Å². The molecule has 4 rings (SSSR count). The molecule has 0 radical (unpaired) electrons. The fraction of sp³-hybridized carbons (Fsp3) is 0.250. The third-order valence-electron chi connectivity index (χ3n) is 5.14. The summed E-state index contributed by atoms with van der Waals surface area (Å²) in [6.07, 6.45) is -1.60. The summed E-state index contributed by atoms with van der Waals surface area (Å²) in [5, 5.41) is 4.02. The number of carbonyl (C=O) groups excluding carboxylic acids is 1. The molecule has 8 nitrogen and oxygen atoms in total. The number of hydrogen-bond acceptors (Lipinski definition) is 5. The van der Waals surface area contributed by atoms with Crippen LogP contribution in [0.25, 0.3) is 5.69 Å². The summed E-state index contributed by atoms with van der Waals surface area (Å²) in [6.45, 7) is 0.436. The van der Waals surface area contributed by atoms with Gasteiger partial charge >= 0.3 is 6.18 Å². The summed E-state index contributed by atoms with van der Waals surface area (Å²) in [5.41, 5.74) is 0.279. The van der Waals surface area contributed by atoms with Gasteiger partial charge in [0, 0.05) is 31.7 Å². The van der Waals surface area contributed by atoms with E-state index in [0.717, 1.165) is 30.0 Å². The topological polar surface area (TPSA) is 88.4 Å². The minimum absolute atomic E-state index is 0.0478. The minimum Gasteiger partial charge on any atom is -0.336 e. The van der Waals surface area contributed by atoms with Crippen molar-refractivity contribution in [1.29, 1.82) is 0 Å². The van der Waals surface area contributed by atoms with Crippen LogP contribution in [0.2, 0.25) is 0 Å². The highest BCUT2D eigenvalue weighted by Gasteiger charge is 2.33. The first-order valence-corrected chi connectivity index (χ1v) is 11.0. The fourth-order valence-electron chi connectivity index (χ4n) is 3.38. The van der Waals surface area contributed by atoms with E-state index in [1.807, 2.05) is 0 Å². The molecule has 3 aromatic rings. The molecule has 2 aromatic carbocycles. The molecule has 1 aliphatic rings. The van der Waals surface area contributed by atoms with Gasteiger partial charge < -0.3 is 4.90 Å². The number of nitrogens with zero attached hydrogens (tertiary/aromatic N) is 5. The predicted octanol–water partition coefficient (Wildman–Crippen LogP) is 2.43. The third-order valence-corrected chi connectivity index (χ3v) is 7.06. The van der Waals surface area contributed by atoms with E-state index in [9.17, 15) is 26.4 Å². The molecule has 0 bridgehead atoms. The average Bonchev–Trinajstić information content (AvgIpc) is 3.33. The molecule has 0 atom stereocenters. The second-order valence-electron chi connectivity index (χ2n) is 7.11. The van der Waals surface area contributed by atoms with Gasteiger partial charge in [0.25, 0.3) is 5.91 Å². The predicted molar refractivity (Wildman–Crippen MR) is 107 cm³/mol. The number of amides is 1. The molecule has 1 fully saturated rings. The maximum absolute atomic E-state index is 12.8. The van der Waals surface area contributed by atoms with Gasteiger partial charge in [-0.2, -0.15) is 22.6 Å². The van der Waals surface area contributed by atoms with Crippen LogP contribution in [0.3, 0.4) is 0 Å². The third kappa shape index (κ3) is 4.36. The molecule has 32 heavy (non-hydrogen) atoms. The maximum Gasteiger partial charge on any atom is 0.416 e. The SMILES string of the molecule is O=C(c1ccc(-n2cncn2)cc1)N1CCN(S(=O)(=O)c2ccc(C(F)(F)F)cc2)CC1. The van der Waals surface area contributed by atoms with Gasteiger partial charge in [-0.3, -0.25) is 4.79 Å². The average molecular weight is 465 g/mol. The molecule has 168 valence electrons. The van der Waals surface area contributed by atoms with Crippen LogP contribution in [-0.2, 0) is 16.2 Å². The van der Waals surface area contributed by atoms with Crippen molar-refractivity contribution in [1.82, 2.24) is 24.0 Å². The molecule has 2 heterocycles. The van der Waals surface area contributed by atoms with Crippen LogP contribution in [0, 0.1) is 0 Å². The Bertz CT molecular complexity index is 1190. The van der Waals surface area contributed by atoms with E-state index in [0.29, 0.717) is 5.56 Å². The van der Waals surface area contributed by atoms with Crippen molar-refractivity contribution >= 4 is 15.9 Å². The van der Waals surface area contributed by atoms with Crippen LogP contribution in [0.4, 0.5) is 13.2 Å². The van der Waals surface area contributed by atoms with Crippen LogP contribution in [0.15, 0.2) is 66.1 Å². The zero-order valence-electron chi connectivity index (χ0n) is 16.6.